The Morgan fingerprint density at radius 3 is 2.54 bits per heavy atom. The molecule has 0 unspecified atom stereocenters. The van der Waals surface area contributed by atoms with Gasteiger partial charge in [-0.05, 0) is 105 Å². The number of hydrogen-bond donors (Lipinski definition) is 3. The lowest BCUT2D eigenvalue weighted by Gasteiger charge is -2.25. The van der Waals surface area contributed by atoms with Crippen LogP contribution < -0.4 is 5.32 Å². The molecule has 5 nitrogen and oxygen atoms in total. The molecule has 1 amide bonds. The van der Waals surface area contributed by atoms with Gasteiger partial charge in [-0.2, -0.15) is 5.10 Å². The number of nitrogens with zero attached hydrogens (tertiary/aromatic N) is 1. The van der Waals surface area contributed by atoms with Crippen LogP contribution in [-0.4, -0.2) is 33.9 Å². The summed E-state index contributed by atoms with van der Waals surface area (Å²) >= 11 is 0. The lowest BCUT2D eigenvalue weighted by Crippen LogP contribution is -2.25. The molecule has 1 heterocycles. The maximum atomic E-state index is 12.9. The summed E-state index contributed by atoms with van der Waals surface area (Å²) < 4.78 is 0. The highest BCUT2D eigenvalue weighted by molar-refractivity contribution is 5.94. The summed E-state index contributed by atoms with van der Waals surface area (Å²) in [7, 11) is 0. The van der Waals surface area contributed by atoms with Crippen molar-refractivity contribution in [3.05, 3.63) is 94.8 Å². The van der Waals surface area contributed by atoms with Gasteiger partial charge in [0.25, 0.3) is 5.91 Å². The number of aryl methyl sites for hydroxylation is 2. The number of allylic oxidation sites excluding steroid dienone is 1. The number of hydrogen-bond acceptors (Lipinski definition) is 3. The number of carbonyl (C=O) groups is 1. The van der Waals surface area contributed by atoms with Crippen LogP contribution in [0.1, 0.15) is 83.6 Å². The molecule has 1 aliphatic carbocycles. The standard InChI is InChI=1S/C32H37N3O2/c1-23(2)27-11-5-24(6-12-27)8-14-29-20-30(32(37)33-19-3-4-26-21-34-35-22-26)16-15-28(29)13-7-25-9-17-31(36)18-10-25/h5-6,11-12,15-16,20-22,25,31,36H,1,3-4,7,9-10,13,17-19H2,2H3,(H,33,37)(H,34,35). The van der Waals surface area contributed by atoms with Gasteiger partial charge in [-0.25, -0.2) is 0 Å². The number of benzene rings is 2. The fraction of sp³-hybridized carbons (Fsp3) is 0.375. The quantitative estimate of drug-likeness (QED) is 0.264. The number of aromatic amines is 1. The van der Waals surface area contributed by atoms with Crippen molar-refractivity contribution in [2.24, 2.45) is 5.92 Å². The van der Waals surface area contributed by atoms with E-state index in [4.69, 9.17) is 0 Å². The second kappa shape index (κ2) is 13.1. The van der Waals surface area contributed by atoms with Gasteiger partial charge in [0.1, 0.15) is 0 Å². The Bertz CT molecular complexity index is 1240. The third kappa shape index (κ3) is 7.93. The van der Waals surface area contributed by atoms with Gasteiger partial charge in [0.05, 0.1) is 12.3 Å². The minimum Gasteiger partial charge on any atom is -0.393 e. The maximum Gasteiger partial charge on any atom is 0.251 e. The highest BCUT2D eigenvalue weighted by Crippen LogP contribution is 2.28. The highest BCUT2D eigenvalue weighted by atomic mass is 16.3. The molecular weight excluding hydrogens is 458 g/mol. The van der Waals surface area contributed by atoms with Crippen LogP contribution in [0.15, 0.2) is 61.4 Å². The Labute approximate surface area is 220 Å². The Balaban J connectivity index is 1.46. The third-order valence-electron chi connectivity index (χ3n) is 7.21. The Kier molecular flexibility index (Phi) is 9.35. The van der Waals surface area contributed by atoms with E-state index in [2.05, 4.69) is 40.0 Å². The molecule has 37 heavy (non-hydrogen) atoms. The van der Waals surface area contributed by atoms with Gasteiger partial charge in [-0.15, -0.1) is 0 Å². The van der Waals surface area contributed by atoms with E-state index in [0.29, 0.717) is 18.0 Å². The highest BCUT2D eigenvalue weighted by Gasteiger charge is 2.19. The van der Waals surface area contributed by atoms with E-state index < -0.39 is 0 Å². The Morgan fingerprint density at radius 2 is 1.84 bits per heavy atom. The van der Waals surface area contributed by atoms with E-state index >= 15 is 0 Å². The van der Waals surface area contributed by atoms with Crippen molar-refractivity contribution in [3.63, 3.8) is 0 Å². The summed E-state index contributed by atoms with van der Waals surface area (Å²) in [5, 5.41) is 19.6. The summed E-state index contributed by atoms with van der Waals surface area (Å²) in [6.45, 7) is 6.60. The van der Waals surface area contributed by atoms with Crippen LogP contribution in [0.2, 0.25) is 0 Å². The molecule has 3 N–H and O–H groups in total. The van der Waals surface area contributed by atoms with Crippen molar-refractivity contribution in [2.45, 2.75) is 64.4 Å². The molecule has 0 aliphatic heterocycles. The summed E-state index contributed by atoms with van der Waals surface area (Å²) in [6.07, 6.45) is 11.2. The Hall–Kier alpha value is -3.62. The summed E-state index contributed by atoms with van der Waals surface area (Å²) in [5.41, 5.74) is 6.93. The molecule has 0 radical (unpaired) electrons. The van der Waals surface area contributed by atoms with Crippen molar-refractivity contribution in [1.82, 2.24) is 15.5 Å². The number of rotatable bonds is 9. The normalized spacial score (nSPS) is 17.0. The van der Waals surface area contributed by atoms with Gasteiger partial charge >= 0.3 is 0 Å². The fourth-order valence-corrected chi connectivity index (χ4v) is 4.83. The van der Waals surface area contributed by atoms with Crippen molar-refractivity contribution < 1.29 is 9.90 Å². The van der Waals surface area contributed by atoms with Gasteiger partial charge in [0.2, 0.25) is 0 Å². The number of carbonyl (C=O) groups excluding carboxylic acids is 1. The Morgan fingerprint density at radius 1 is 1.08 bits per heavy atom. The molecule has 1 fully saturated rings. The van der Waals surface area contributed by atoms with E-state index in [-0.39, 0.29) is 12.0 Å². The van der Waals surface area contributed by atoms with E-state index in [9.17, 15) is 9.90 Å². The molecule has 2 aromatic carbocycles. The molecule has 0 bridgehead atoms. The van der Waals surface area contributed by atoms with Crippen LogP contribution in [0.4, 0.5) is 0 Å². The smallest absolute Gasteiger partial charge is 0.251 e. The van der Waals surface area contributed by atoms with Crippen LogP contribution in [0.25, 0.3) is 5.57 Å². The molecule has 1 aromatic heterocycles. The average Bonchev–Trinajstić information content (AvgIpc) is 3.43. The monoisotopic (exact) mass is 495 g/mol. The van der Waals surface area contributed by atoms with Gasteiger partial charge in [0, 0.05) is 29.4 Å². The van der Waals surface area contributed by atoms with Crippen molar-refractivity contribution >= 4 is 11.5 Å². The van der Waals surface area contributed by atoms with Crippen LogP contribution >= 0.6 is 0 Å². The molecular formula is C32H37N3O2. The molecule has 1 aliphatic rings. The van der Waals surface area contributed by atoms with E-state index in [1.165, 1.54) is 5.56 Å². The van der Waals surface area contributed by atoms with E-state index in [0.717, 1.165) is 79.2 Å². The average molecular weight is 496 g/mol. The zero-order valence-electron chi connectivity index (χ0n) is 21.7. The number of H-pyrrole nitrogens is 1. The SMILES string of the molecule is C=C(C)c1ccc(C#Cc2cc(C(=O)NCCCc3cn[nH]c3)ccc2CCC2CCC(O)CC2)cc1. The van der Waals surface area contributed by atoms with Crippen LogP contribution in [0.5, 0.6) is 0 Å². The lowest BCUT2D eigenvalue weighted by atomic mass is 9.83. The van der Waals surface area contributed by atoms with E-state index in [1.54, 1.807) is 0 Å². The molecule has 0 saturated heterocycles. The number of aromatic nitrogens is 2. The van der Waals surface area contributed by atoms with Crippen LogP contribution in [0.3, 0.4) is 0 Å². The molecule has 0 spiro atoms. The minimum absolute atomic E-state index is 0.0751. The van der Waals surface area contributed by atoms with Crippen molar-refractivity contribution in [3.8, 4) is 11.8 Å². The first kappa shape index (κ1) is 26.4. The third-order valence-corrected chi connectivity index (χ3v) is 7.21. The van der Waals surface area contributed by atoms with E-state index in [1.807, 2.05) is 55.7 Å². The first-order chi connectivity index (χ1) is 18.0. The van der Waals surface area contributed by atoms with Gasteiger partial charge < -0.3 is 10.4 Å². The number of aliphatic hydroxyl groups is 1. The zero-order valence-corrected chi connectivity index (χ0v) is 21.7. The topological polar surface area (TPSA) is 78.0 Å². The summed E-state index contributed by atoms with van der Waals surface area (Å²) in [4.78, 5) is 12.9. The van der Waals surface area contributed by atoms with Gasteiger partial charge in [-0.1, -0.05) is 42.2 Å². The predicted molar refractivity (Wildman–Crippen MR) is 149 cm³/mol. The molecule has 4 rings (SSSR count). The van der Waals surface area contributed by atoms with Crippen LogP contribution in [0, 0.1) is 17.8 Å². The molecule has 192 valence electrons. The van der Waals surface area contributed by atoms with Gasteiger partial charge in [0.15, 0.2) is 0 Å². The van der Waals surface area contributed by atoms with Crippen LogP contribution in [-0.2, 0) is 12.8 Å². The van der Waals surface area contributed by atoms with Gasteiger partial charge in [-0.3, -0.25) is 9.89 Å². The molecule has 1 saturated carbocycles. The molecule has 3 aromatic rings. The largest absolute Gasteiger partial charge is 0.393 e. The summed E-state index contributed by atoms with van der Waals surface area (Å²) in [5.74, 6) is 7.20. The maximum absolute atomic E-state index is 12.9. The molecule has 0 atom stereocenters. The molecule has 5 heteroatoms. The lowest BCUT2D eigenvalue weighted by molar-refractivity contribution is 0.0953. The number of amides is 1. The second-order valence-electron chi connectivity index (χ2n) is 10.2. The predicted octanol–water partition coefficient (Wildman–Crippen LogP) is 5.69. The minimum atomic E-state index is -0.133. The number of aliphatic hydroxyl groups excluding tert-OH is 1. The van der Waals surface area contributed by atoms with Crippen molar-refractivity contribution in [2.75, 3.05) is 6.54 Å². The first-order valence-corrected chi connectivity index (χ1v) is 13.3. The first-order valence-electron chi connectivity index (χ1n) is 13.3. The van der Waals surface area contributed by atoms with Crippen molar-refractivity contribution in [1.29, 1.82) is 0 Å². The fourth-order valence-electron chi connectivity index (χ4n) is 4.83. The zero-order chi connectivity index (χ0) is 26.0. The second-order valence-corrected chi connectivity index (χ2v) is 10.2. The number of nitrogens with one attached hydrogen (secondary N) is 2. The summed E-state index contributed by atoms with van der Waals surface area (Å²) in [6, 6.07) is 14.0.